The molecule has 92 valence electrons. The van der Waals surface area contributed by atoms with Crippen molar-refractivity contribution < 1.29 is 19.6 Å². The summed E-state index contributed by atoms with van der Waals surface area (Å²) >= 11 is 0. The predicted molar refractivity (Wildman–Crippen MR) is 60.9 cm³/mol. The molecule has 1 aliphatic heterocycles. The molecule has 1 unspecified atom stereocenters. The minimum absolute atomic E-state index is 0.160. The van der Waals surface area contributed by atoms with Crippen molar-refractivity contribution in [3.63, 3.8) is 0 Å². The van der Waals surface area contributed by atoms with Gasteiger partial charge in [-0.15, -0.1) is 0 Å². The number of carbonyl (C=O) groups excluding carboxylic acids is 1. The van der Waals surface area contributed by atoms with E-state index in [9.17, 15) is 4.79 Å². The zero-order valence-corrected chi connectivity index (χ0v) is 10.1. The fraction of sp³-hybridized carbons (Fsp3) is 0.900. The van der Waals surface area contributed by atoms with E-state index in [1.807, 2.05) is 20.8 Å². The molecule has 0 aliphatic carbocycles. The fourth-order valence-electron chi connectivity index (χ4n) is 1.82. The summed E-state index contributed by atoms with van der Waals surface area (Å²) < 4.78 is 5.24. The predicted octanol–water partition coefficient (Wildman–Crippen LogP) is 0.716. The summed E-state index contributed by atoms with van der Waals surface area (Å²) in [6.07, 6.45) is 0.804. The molecular weight excluding hydrogens is 209 g/mol. The Morgan fingerprint density at radius 2 is 2.12 bits per heavy atom. The molecule has 5 nitrogen and oxygen atoms in total. The van der Waals surface area contributed by atoms with Crippen LogP contribution in [0.3, 0.4) is 0 Å². The molecule has 0 spiro atoms. The lowest BCUT2D eigenvalue weighted by molar-refractivity contribution is 0.0289. The highest BCUT2D eigenvalue weighted by molar-refractivity contribution is 6.41. The van der Waals surface area contributed by atoms with Crippen LogP contribution >= 0.6 is 0 Å². The molecular formula is C10H20BNO4. The van der Waals surface area contributed by atoms with Gasteiger partial charge in [0, 0.05) is 13.1 Å². The lowest BCUT2D eigenvalue weighted by atomic mass is 9.78. The molecule has 1 aliphatic rings. The zero-order valence-electron chi connectivity index (χ0n) is 10.1. The van der Waals surface area contributed by atoms with E-state index < -0.39 is 12.7 Å². The van der Waals surface area contributed by atoms with E-state index in [4.69, 9.17) is 14.8 Å². The Kier molecular flexibility index (Phi) is 4.21. The fourth-order valence-corrected chi connectivity index (χ4v) is 1.82. The van der Waals surface area contributed by atoms with Gasteiger partial charge in [-0.1, -0.05) is 0 Å². The number of hydrogen-bond acceptors (Lipinski definition) is 4. The van der Waals surface area contributed by atoms with Crippen molar-refractivity contribution in [2.45, 2.75) is 39.1 Å². The van der Waals surface area contributed by atoms with Crippen molar-refractivity contribution in [3.05, 3.63) is 0 Å². The Labute approximate surface area is 96.5 Å². The Morgan fingerprint density at radius 3 is 2.62 bits per heavy atom. The van der Waals surface area contributed by atoms with Crippen molar-refractivity contribution in [2.75, 3.05) is 13.1 Å². The van der Waals surface area contributed by atoms with Gasteiger partial charge in [-0.25, -0.2) is 4.79 Å². The van der Waals surface area contributed by atoms with Gasteiger partial charge < -0.3 is 19.7 Å². The van der Waals surface area contributed by atoms with Gasteiger partial charge in [0.25, 0.3) is 0 Å². The van der Waals surface area contributed by atoms with E-state index in [1.54, 1.807) is 4.90 Å². The molecule has 1 atom stereocenters. The second-order valence-corrected chi connectivity index (χ2v) is 5.30. The van der Waals surface area contributed by atoms with Crippen LogP contribution in [0.5, 0.6) is 0 Å². The molecule has 2 N–H and O–H groups in total. The summed E-state index contributed by atoms with van der Waals surface area (Å²) in [5, 5.41) is 17.7. The number of rotatable bonds is 2. The Bertz CT molecular complexity index is 252. The second-order valence-electron chi connectivity index (χ2n) is 5.30. The number of hydrogen-bond donors (Lipinski definition) is 2. The van der Waals surface area contributed by atoms with Crippen molar-refractivity contribution in [3.8, 4) is 0 Å². The van der Waals surface area contributed by atoms with Crippen LogP contribution in [0.2, 0.25) is 6.32 Å². The second kappa shape index (κ2) is 5.06. The van der Waals surface area contributed by atoms with Crippen molar-refractivity contribution in [1.82, 2.24) is 4.90 Å². The maximum Gasteiger partial charge on any atom is 0.451 e. The minimum Gasteiger partial charge on any atom is -0.444 e. The molecule has 1 amide bonds. The molecule has 0 aromatic carbocycles. The van der Waals surface area contributed by atoms with Crippen LogP contribution < -0.4 is 0 Å². The smallest absolute Gasteiger partial charge is 0.444 e. The molecule has 1 heterocycles. The maximum atomic E-state index is 11.7. The summed E-state index contributed by atoms with van der Waals surface area (Å²) in [5.74, 6) is 0.160. The molecule has 6 heteroatoms. The van der Waals surface area contributed by atoms with Gasteiger partial charge in [0.05, 0.1) is 0 Å². The monoisotopic (exact) mass is 229 g/mol. The standard InChI is InChI=1S/C10H20BNO4/c1-10(2,3)16-9(13)12-5-4-8(7-12)6-11(14)15/h8,14-15H,4-7H2,1-3H3. The first-order chi connectivity index (χ1) is 7.28. The van der Waals surface area contributed by atoms with E-state index in [0.29, 0.717) is 19.4 Å². The molecule has 0 aromatic rings. The average molecular weight is 229 g/mol. The highest BCUT2D eigenvalue weighted by Crippen LogP contribution is 2.22. The summed E-state index contributed by atoms with van der Waals surface area (Å²) in [6.45, 7) is 6.67. The van der Waals surface area contributed by atoms with Gasteiger partial charge >= 0.3 is 13.2 Å². The minimum atomic E-state index is -1.29. The Morgan fingerprint density at radius 1 is 1.50 bits per heavy atom. The zero-order chi connectivity index (χ0) is 12.3. The van der Waals surface area contributed by atoms with E-state index in [2.05, 4.69) is 0 Å². The first-order valence-corrected chi connectivity index (χ1v) is 5.62. The van der Waals surface area contributed by atoms with Crippen molar-refractivity contribution >= 4 is 13.2 Å². The molecule has 0 saturated carbocycles. The summed E-state index contributed by atoms with van der Waals surface area (Å²) in [5.41, 5.74) is -0.480. The van der Waals surface area contributed by atoms with E-state index in [-0.39, 0.29) is 12.0 Å². The highest BCUT2D eigenvalue weighted by atomic mass is 16.6. The molecule has 1 fully saturated rings. The first-order valence-electron chi connectivity index (χ1n) is 5.62. The molecule has 1 rings (SSSR count). The summed E-state index contributed by atoms with van der Waals surface area (Å²) in [4.78, 5) is 13.3. The number of carbonyl (C=O) groups is 1. The van der Waals surface area contributed by atoms with Crippen LogP contribution in [0, 0.1) is 5.92 Å². The molecule has 0 radical (unpaired) electrons. The third kappa shape index (κ3) is 4.41. The third-order valence-corrected chi connectivity index (χ3v) is 2.48. The van der Waals surface area contributed by atoms with Gasteiger partial charge in [-0.3, -0.25) is 0 Å². The van der Waals surface area contributed by atoms with Gasteiger partial charge in [-0.05, 0) is 39.4 Å². The average Bonchev–Trinajstić information content (AvgIpc) is 2.48. The lowest BCUT2D eigenvalue weighted by Crippen LogP contribution is -2.35. The number of amides is 1. The molecule has 0 bridgehead atoms. The van der Waals surface area contributed by atoms with Crippen LogP contribution in [0.4, 0.5) is 4.79 Å². The van der Waals surface area contributed by atoms with Crippen LogP contribution in [-0.4, -0.2) is 46.9 Å². The van der Waals surface area contributed by atoms with Crippen LogP contribution in [-0.2, 0) is 4.74 Å². The van der Waals surface area contributed by atoms with E-state index >= 15 is 0 Å². The van der Waals surface area contributed by atoms with Crippen LogP contribution in [0.15, 0.2) is 0 Å². The van der Waals surface area contributed by atoms with Gasteiger partial charge in [-0.2, -0.15) is 0 Å². The Hall–Kier alpha value is -0.745. The quantitative estimate of drug-likeness (QED) is 0.684. The largest absolute Gasteiger partial charge is 0.451 e. The topological polar surface area (TPSA) is 70.0 Å². The Balaban J connectivity index is 2.38. The van der Waals surface area contributed by atoms with E-state index in [0.717, 1.165) is 6.42 Å². The van der Waals surface area contributed by atoms with Crippen LogP contribution in [0.1, 0.15) is 27.2 Å². The lowest BCUT2D eigenvalue weighted by Gasteiger charge is -2.24. The summed E-state index contributed by atoms with van der Waals surface area (Å²) in [7, 11) is -1.29. The van der Waals surface area contributed by atoms with Gasteiger partial charge in [0.1, 0.15) is 5.60 Å². The van der Waals surface area contributed by atoms with Crippen molar-refractivity contribution in [1.29, 1.82) is 0 Å². The molecule has 16 heavy (non-hydrogen) atoms. The normalized spacial score (nSPS) is 21.1. The SMILES string of the molecule is CC(C)(C)OC(=O)N1CCC(CB(O)O)C1. The van der Waals surface area contributed by atoms with Crippen molar-refractivity contribution in [2.24, 2.45) is 5.92 Å². The molecule has 0 aromatic heterocycles. The first kappa shape index (κ1) is 13.3. The van der Waals surface area contributed by atoms with Crippen LogP contribution in [0.25, 0.3) is 0 Å². The third-order valence-electron chi connectivity index (χ3n) is 2.48. The number of likely N-dealkylation sites (tertiary alicyclic amines) is 1. The van der Waals surface area contributed by atoms with Gasteiger partial charge in [0.15, 0.2) is 0 Å². The number of nitrogens with zero attached hydrogens (tertiary/aromatic N) is 1. The molecule has 1 saturated heterocycles. The highest BCUT2D eigenvalue weighted by Gasteiger charge is 2.31. The van der Waals surface area contributed by atoms with Gasteiger partial charge in [0.2, 0.25) is 0 Å². The van der Waals surface area contributed by atoms with E-state index in [1.165, 1.54) is 0 Å². The number of ether oxygens (including phenoxy) is 1. The maximum absolute atomic E-state index is 11.7. The summed E-state index contributed by atoms with van der Waals surface area (Å²) in [6, 6.07) is 0.